The molecule has 2 aromatic heterocycles. The third-order valence-corrected chi connectivity index (χ3v) is 7.00. The number of likely N-dealkylation sites (tertiary alicyclic amines) is 1. The largest absolute Gasteiger partial charge is 0.382 e. The van der Waals surface area contributed by atoms with Crippen molar-refractivity contribution in [1.82, 2.24) is 24.2 Å². The fraction of sp³-hybridized carbons (Fsp3) is 0.346. The van der Waals surface area contributed by atoms with Crippen molar-refractivity contribution in [3.63, 3.8) is 0 Å². The Kier molecular flexibility index (Phi) is 6.62. The average molecular weight is 518 g/mol. The number of imidazole rings is 1. The maximum atomic E-state index is 13.3. The maximum Gasteiger partial charge on any atom is 0.322 e. The summed E-state index contributed by atoms with van der Waals surface area (Å²) in [7, 11) is 3.89. The Hall–Kier alpha value is -4.61. The number of nitrogens with one attached hydrogen (secondary N) is 1. The third-order valence-electron chi connectivity index (χ3n) is 7.00. The number of piperazine rings is 1. The van der Waals surface area contributed by atoms with Gasteiger partial charge in [-0.2, -0.15) is 0 Å². The van der Waals surface area contributed by atoms with Gasteiger partial charge in [-0.1, -0.05) is 6.58 Å². The Balaban J connectivity index is 1.37. The molecule has 1 aromatic carbocycles. The molecule has 0 saturated carbocycles. The Labute approximate surface area is 220 Å². The van der Waals surface area contributed by atoms with Gasteiger partial charge in [0.1, 0.15) is 17.9 Å². The molecule has 12 heteroatoms. The summed E-state index contributed by atoms with van der Waals surface area (Å²) in [5.41, 5.74) is 8.42. The van der Waals surface area contributed by atoms with Gasteiger partial charge < -0.3 is 25.8 Å². The maximum absolute atomic E-state index is 13.3. The van der Waals surface area contributed by atoms with E-state index in [1.807, 2.05) is 43.3 Å². The van der Waals surface area contributed by atoms with Crippen LogP contribution >= 0.6 is 0 Å². The summed E-state index contributed by atoms with van der Waals surface area (Å²) in [6, 6.07) is 6.84. The molecule has 1 atom stereocenters. The average Bonchev–Trinajstić information content (AvgIpc) is 3.54. The van der Waals surface area contributed by atoms with Crippen LogP contribution in [-0.4, -0.2) is 82.3 Å². The van der Waals surface area contributed by atoms with Crippen LogP contribution in [0.25, 0.3) is 5.52 Å². The Morgan fingerprint density at radius 2 is 1.95 bits per heavy atom. The molecule has 2 aliphatic heterocycles. The number of anilines is 4. The zero-order chi connectivity index (χ0) is 27.0. The number of fused-ring (bicyclic) bond motifs is 1. The van der Waals surface area contributed by atoms with Gasteiger partial charge in [0.05, 0.1) is 6.04 Å². The van der Waals surface area contributed by atoms with Crippen LogP contribution in [0.1, 0.15) is 24.7 Å². The molecule has 0 radical (unpaired) electrons. The minimum absolute atomic E-state index is 0.110. The first kappa shape index (κ1) is 25.1. The van der Waals surface area contributed by atoms with Crippen LogP contribution in [-0.2, 0) is 9.59 Å². The van der Waals surface area contributed by atoms with Crippen LogP contribution in [0.2, 0.25) is 0 Å². The second kappa shape index (κ2) is 10.0. The number of nitrogens with zero attached hydrogens (tertiary/aromatic N) is 7. The lowest BCUT2D eigenvalue weighted by Crippen LogP contribution is -2.53. The highest BCUT2D eigenvalue weighted by atomic mass is 16.2. The van der Waals surface area contributed by atoms with Gasteiger partial charge in [0.25, 0.3) is 0 Å². The number of hydrogen-bond acceptors (Lipinski definition) is 7. The minimum atomic E-state index is -0.350. The van der Waals surface area contributed by atoms with Gasteiger partial charge in [-0.25, -0.2) is 14.8 Å². The van der Waals surface area contributed by atoms with Gasteiger partial charge in [0, 0.05) is 57.5 Å². The molecule has 38 heavy (non-hydrogen) atoms. The van der Waals surface area contributed by atoms with Crippen LogP contribution in [0, 0.1) is 0 Å². The first-order chi connectivity index (χ1) is 18.3. The fourth-order valence-corrected chi connectivity index (χ4v) is 5.02. The topological polar surface area (TPSA) is 132 Å². The predicted octanol–water partition coefficient (Wildman–Crippen LogP) is 2.11. The number of nitrogens with two attached hydrogens (primary N) is 1. The van der Waals surface area contributed by atoms with Crippen LogP contribution in [0.3, 0.4) is 0 Å². The molecule has 2 saturated heterocycles. The van der Waals surface area contributed by atoms with Gasteiger partial charge >= 0.3 is 6.03 Å². The van der Waals surface area contributed by atoms with E-state index < -0.39 is 0 Å². The van der Waals surface area contributed by atoms with Crippen molar-refractivity contribution in [3.05, 3.63) is 55.1 Å². The summed E-state index contributed by atoms with van der Waals surface area (Å²) < 4.78 is 1.81. The SMILES string of the molecule is C=CC(=O)N1CCCC1c1nc(N2CCN(C(=O)Nc3ccc(N(C)C)cc3)CC2=O)c2c(N)nccn12. The van der Waals surface area contributed by atoms with E-state index in [1.54, 1.807) is 26.6 Å². The van der Waals surface area contributed by atoms with Crippen LogP contribution < -0.4 is 20.9 Å². The van der Waals surface area contributed by atoms with E-state index in [0.717, 1.165) is 18.5 Å². The molecule has 2 aliphatic rings. The second-order valence-corrected chi connectivity index (χ2v) is 9.56. The lowest BCUT2D eigenvalue weighted by Gasteiger charge is -2.33. The van der Waals surface area contributed by atoms with Crippen molar-refractivity contribution in [3.8, 4) is 0 Å². The van der Waals surface area contributed by atoms with E-state index in [1.165, 1.54) is 11.0 Å². The number of carbonyl (C=O) groups is 3. The molecule has 3 N–H and O–H groups in total. The number of hydrogen-bond donors (Lipinski definition) is 2. The predicted molar refractivity (Wildman–Crippen MR) is 145 cm³/mol. The first-order valence-corrected chi connectivity index (χ1v) is 12.5. The normalized spacial score (nSPS) is 17.7. The molecule has 5 rings (SSSR count). The highest BCUT2D eigenvalue weighted by molar-refractivity contribution is 6.02. The first-order valence-electron chi connectivity index (χ1n) is 12.5. The molecule has 0 bridgehead atoms. The zero-order valence-electron chi connectivity index (χ0n) is 21.5. The van der Waals surface area contributed by atoms with Crippen LogP contribution in [0.15, 0.2) is 49.3 Å². The van der Waals surface area contributed by atoms with Crippen molar-refractivity contribution in [2.45, 2.75) is 18.9 Å². The number of nitrogen functional groups attached to an aromatic ring is 1. The smallest absolute Gasteiger partial charge is 0.322 e. The van der Waals surface area contributed by atoms with Crippen molar-refractivity contribution in [2.24, 2.45) is 0 Å². The molecule has 198 valence electrons. The summed E-state index contributed by atoms with van der Waals surface area (Å²) in [5, 5.41) is 2.86. The van der Waals surface area contributed by atoms with Gasteiger partial charge in [-0.3, -0.25) is 18.9 Å². The lowest BCUT2D eigenvalue weighted by atomic mass is 10.2. The lowest BCUT2D eigenvalue weighted by molar-refractivity contribution is -0.127. The summed E-state index contributed by atoms with van der Waals surface area (Å²) in [6.07, 6.45) is 6.18. The van der Waals surface area contributed by atoms with E-state index >= 15 is 0 Å². The summed E-state index contributed by atoms with van der Waals surface area (Å²) in [6.45, 7) is 4.66. The molecule has 2 fully saturated rings. The van der Waals surface area contributed by atoms with Crippen molar-refractivity contribution >= 4 is 46.4 Å². The summed E-state index contributed by atoms with van der Waals surface area (Å²) in [4.78, 5) is 54.4. The van der Waals surface area contributed by atoms with E-state index in [-0.39, 0.29) is 42.8 Å². The van der Waals surface area contributed by atoms with Gasteiger partial charge in [-0.05, 0) is 43.2 Å². The molecule has 0 spiro atoms. The molecule has 0 aliphatic carbocycles. The van der Waals surface area contributed by atoms with Crippen molar-refractivity contribution < 1.29 is 14.4 Å². The molecule has 4 heterocycles. The standard InChI is InChI=1S/C26H31N9O3/c1-4-20(36)33-12-5-6-19(33)24-30-25(22-23(27)28-11-13-35(22)24)34-15-14-32(16-21(34)37)26(38)29-17-7-9-18(10-8-17)31(2)3/h4,7-11,13,19H,1,5-6,12,14-16H2,2-3H3,(H2,27,28)(H,29,38). The minimum Gasteiger partial charge on any atom is -0.382 e. The number of carbonyl (C=O) groups excluding carboxylic acids is 3. The Morgan fingerprint density at radius 3 is 2.63 bits per heavy atom. The van der Waals surface area contributed by atoms with Gasteiger partial charge in [0.2, 0.25) is 11.8 Å². The van der Waals surface area contributed by atoms with Crippen molar-refractivity contribution in [2.75, 3.05) is 61.1 Å². The summed E-state index contributed by atoms with van der Waals surface area (Å²) >= 11 is 0. The third kappa shape index (κ3) is 4.49. The fourth-order valence-electron chi connectivity index (χ4n) is 5.02. The van der Waals surface area contributed by atoms with E-state index in [0.29, 0.717) is 35.9 Å². The van der Waals surface area contributed by atoms with E-state index in [9.17, 15) is 14.4 Å². The van der Waals surface area contributed by atoms with Crippen LogP contribution in [0.5, 0.6) is 0 Å². The monoisotopic (exact) mass is 517 g/mol. The molecular weight excluding hydrogens is 486 g/mol. The molecule has 3 aromatic rings. The van der Waals surface area contributed by atoms with Crippen molar-refractivity contribution in [1.29, 1.82) is 0 Å². The number of amides is 4. The van der Waals surface area contributed by atoms with E-state index in [2.05, 4.69) is 16.9 Å². The van der Waals surface area contributed by atoms with Gasteiger partial charge in [-0.15, -0.1) is 0 Å². The number of benzene rings is 1. The highest BCUT2D eigenvalue weighted by Gasteiger charge is 2.36. The number of rotatable bonds is 5. The number of urea groups is 1. The van der Waals surface area contributed by atoms with Gasteiger partial charge in [0.15, 0.2) is 11.6 Å². The zero-order valence-corrected chi connectivity index (χ0v) is 21.5. The quantitative estimate of drug-likeness (QED) is 0.496. The Morgan fingerprint density at radius 1 is 1.18 bits per heavy atom. The van der Waals surface area contributed by atoms with Crippen LogP contribution in [0.4, 0.5) is 27.8 Å². The number of aromatic nitrogens is 3. The molecule has 4 amide bonds. The molecule has 1 unspecified atom stereocenters. The second-order valence-electron chi connectivity index (χ2n) is 9.56. The summed E-state index contributed by atoms with van der Waals surface area (Å²) in [5.74, 6) is 0.781. The Bertz CT molecular complexity index is 1400. The van der Waals surface area contributed by atoms with E-state index in [4.69, 9.17) is 10.7 Å². The molecule has 12 nitrogen and oxygen atoms in total. The highest BCUT2D eigenvalue weighted by Crippen LogP contribution is 2.36. The molecular formula is C26H31N9O3.